The number of carboxylic acids is 1. The number of thiazole rings is 1. The second-order valence-corrected chi connectivity index (χ2v) is 5.64. The zero-order valence-corrected chi connectivity index (χ0v) is 11.8. The van der Waals surface area contributed by atoms with Gasteiger partial charge in [0.15, 0.2) is 0 Å². The average molecular weight is 303 g/mol. The van der Waals surface area contributed by atoms with Crippen LogP contribution >= 0.6 is 11.3 Å². The van der Waals surface area contributed by atoms with Crippen molar-refractivity contribution >= 4 is 28.9 Å². The Bertz CT molecular complexity index is 713. The maximum Gasteiger partial charge on any atom is 0.312 e. The smallest absolute Gasteiger partial charge is 0.312 e. The Morgan fingerprint density at radius 3 is 2.86 bits per heavy atom. The maximum absolute atomic E-state index is 12.5. The Labute approximate surface area is 124 Å². The molecule has 1 amide bonds. The predicted octanol–water partition coefficient (Wildman–Crippen LogP) is 1.43. The molecule has 1 aromatic carbocycles. The fraction of sp³-hybridized carbons (Fsp3) is 0.214. The van der Waals surface area contributed by atoms with Crippen LogP contribution in [0.4, 0.5) is 5.69 Å². The molecular formula is C14H13N3O3S. The van der Waals surface area contributed by atoms with Crippen molar-refractivity contribution in [3.8, 4) is 0 Å². The SMILES string of the molecule is NCc1nc(C(=O)N2CC(C(=O)O)c3ccccc32)cs1. The number of rotatable bonds is 3. The van der Waals surface area contributed by atoms with Gasteiger partial charge in [0, 0.05) is 24.2 Å². The normalized spacial score (nSPS) is 16.8. The average Bonchev–Trinajstić information content (AvgIpc) is 3.11. The van der Waals surface area contributed by atoms with Gasteiger partial charge < -0.3 is 15.7 Å². The number of para-hydroxylation sites is 1. The second-order valence-electron chi connectivity index (χ2n) is 4.70. The Kier molecular flexibility index (Phi) is 3.44. The van der Waals surface area contributed by atoms with E-state index >= 15 is 0 Å². The van der Waals surface area contributed by atoms with Crippen LogP contribution in [-0.4, -0.2) is 28.5 Å². The van der Waals surface area contributed by atoms with Crippen LogP contribution in [0.3, 0.4) is 0 Å². The molecule has 2 aromatic rings. The summed E-state index contributed by atoms with van der Waals surface area (Å²) in [5.41, 5.74) is 7.10. The van der Waals surface area contributed by atoms with Crippen LogP contribution < -0.4 is 10.6 Å². The minimum atomic E-state index is -0.932. The third-order valence-corrected chi connectivity index (χ3v) is 4.33. The number of hydrogen-bond acceptors (Lipinski definition) is 5. The summed E-state index contributed by atoms with van der Waals surface area (Å²) in [6, 6.07) is 7.06. The van der Waals surface area contributed by atoms with E-state index in [1.165, 1.54) is 16.2 Å². The molecule has 7 heteroatoms. The number of anilines is 1. The third kappa shape index (κ3) is 2.30. The lowest BCUT2D eigenvalue weighted by Gasteiger charge is -2.15. The summed E-state index contributed by atoms with van der Waals surface area (Å²) in [5.74, 6) is -1.92. The molecular weight excluding hydrogens is 290 g/mol. The van der Waals surface area contributed by atoms with E-state index in [2.05, 4.69) is 4.98 Å². The number of aliphatic carboxylic acids is 1. The summed E-state index contributed by atoms with van der Waals surface area (Å²) in [7, 11) is 0. The van der Waals surface area contributed by atoms with Gasteiger partial charge in [-0.25, -0.2) is 4.98 Å². The first-order valence-electron chi connectivity index (χ1n) is 6.40. The molecule has 3 rings (SSSR count). The van der Waals surface area contributed by atoms with Crippen molar-refractivity contribution in [3.63, 3.8) is 0 Å². The van der Waals surface area contributed by atoms with Gasteiger partial charge in [-0.2, -0.15) is 0 Å². The summed E-state index contributed by atoms with van der Waals surface area (Å²) in [5, 5.41) is 11.6. The highest BCUT2D eigenvalue weighted by Gasteiger charge is 2.37. The number of benzene rings is 1. The molecule has 6 nitrogen and oxygen atoms in total. The molecule has 0 bridgehead atoms. The van der Waals surface area contributed by atoms with E-state index in [0.717, 1.165) is 0 Å². The van der Waals surface area contributed by atoms with Gasteiger partial charge in [-0.1, -0.05) is 18.2 Å². The van der Waals surface area contributed by atoms with Gasteiger partial charge in [-0.05, 0) is 11.6 Å². The molecule has 0 saturated heterocycles. The number of carbonyl (C=O) groups excluding carboxylic acids is 1. The molecule has 1 aliphatic rings. The lowest BCUT2D eigenvalue weighted by molar-refractivity contribution is -0.138. The van der Waals surface area contributed by atoms with E-state index in [-0.39, 0.29) is 19.0 Å². The van der Waals surface area contributed by atoms with Gasteiger partial charge in [-0.3, -0.25) is 9.59 Å². The number of nitrogens with zero attached hydrogens (tertiary/aromatic N) is 2. The van der Waals surface area contributed by atoms with Gasteiger partial charge >= 0.3 is 5.97 Å². The van der Waals surface area contributed by atoms with Gasteiger partial charge in [-0.15, -0.1) is 11.3 Å². The Morgan fingerprint density at radius 2 is 2.19 bits per heavy atom. The first kappa shape index (κ1) is 13.7. The van der Waals surface area contributed by atoms with E-state index in [1.807, 2.05) is 0 Å². The van der Waals surface area contributed by atoms with Crippen molar-refractivity contribution in [3.05, 3.63) is 45.9 Å². The fourth-order valence-electron chi connectivity index (χ4n) is 2.45. The minimum Gasteiger partial charge on any atom is -0.481 e. The summed E-state index contributed by atoms with van der Waals surface area (Å²) in [6.07, 6.45) is 0. The number of aromatic nitrogens is 1. The molecule has 2 heterocycles. The first-order valence-corrected chi connectivity index (χ1v) is 7.28. The summed E-state index contributed by atoms with van der Waals surface area (Å²) in [6.45, 7) is 0.412. The van der Waals surface area contributed by atoms with E-state index in [9.17, 15) is 14.7 Å². The molecule has 0 spiro atoms. The molecule has 1 atom stereocenters. The molecule has 3 N–H and O–H groups in total. The highest BCUT2D eigenvalue weighted by atomic mass is 32.1. The van der Waals surface area contributed by atoms with Crippen LogP contribution in [0.2, 0.25) is 0 Å². The minimum absolute atomic E-state index is 0.128. The largest absolute Gasteiger partial charge is 0.481 e. The summed E-state index contributed by atoms with van der Waals surface area (Å²) < 4.78 is 0. The highest BCUT2D eigenvalue weighted by molar-refractivity contribution is 7.09. The zero-order chi connectivity index (χ0) is 15.0. The van der Waals surface area contributed by atoms with Gasteiger partial charge in [0.1, 0.15) is 16.6 Å². The Hall–Kier alpha value is -2.25. The van der Waals surface area contributed by atoms with Crippen LogP contribution in [0.15, 0.2) is 29.6 Å². The lowest BCUT2D eigenvalue weighted by Crippen LogP contribution is -2.31. The molecule has 1 aromatic heterocycles. The molecule has 0 saturated carbocycles. The molecule has 0 aliphatic carbocycles. The van der Waals surface area contributed by atoms with Crippen molar-refractivity contribution in [1.29, 1.82) is 0 Å². The van der Waals surface area contributed by atoms with Crippen molar-refractivity contribution in [2.75, 3.05) is 11.4 Å². The summed E-state index contributed by atoms with van der Waals surface area (Å²) >= 11 is 1.33. The van der Waals surface area contributed by atoms with E-state index in [1.54, 1.807) is 29.6 Å². The molecule has 1 unspecified atom stereocenters. The quantitative estimate of drug-likeness (QED) is 0.894. The van der Waals surface area contributed by atoms with E-state index in [4.69, 9.17) is 5.73 Å². The zero-order valence-electron chi connectivity index (χ0n) is 11.0. The number of amides is 1. The Balaban J connectivity index is 1.96. The first-order chi connectivity index (χ1) is 10.1. The molecule has 108 valence electrons. The number of carboxylic acid groups (broad SMARTS) is 1. The number of fused-ring (bicyclic) bond motifs is 1. The van der Waals surface area contributed by atoms with Crippen LogP contribution in [0.1, 0.15) is 27.0 Å². The number of hydrogen-bond donors (Lipinski definition) is 2. The molecule has 21 heavy (non-hydrogen) atoms. The molecule has 1 aliphatic heterocycles. The van der Waals surface area contributed by atoms with Crippen molar-refractivity contribution < 1.29 is 14.7 Å². The third-order valence-electron chi connectivity index (χ3n) is 3.46. The van der Waals surface area contributed by atoms with E-state index < -0.39 is 11.9 Å². The molecule has 0 radical (unpaired) electrons. The van der Waals surface area contributed by atoms with Crippen LogP contribution in [-0.2, 0) is 11.3 Å². The fourth-order valence-corrected chi connectivity index (χ4v) is 3.10. The maximum atomic E-state index is 12.5. The van der Waals surface area contributed by atoms with Crippen LogP contribution in [0.5, 0.6) is 0 Å². The van der Waals surface area contributed by atoms with E-state index in [0.29, 0.717) is 22.0 Å². The highest BCUT2D eigenvalue weighted by Crippen LogP contribution is 2.37. The molecule has 0 fully saturated rings. The standard InChI is InChI=1S/C14H13N3O3S/c15-5-12-16-10(7-21-12)13(18)17-6-9(14(19)20)8-3-1-2-4-11(8)17/h1-4,7,9H,5-6,15H2,(H,19,20). The van der Waals surface area contributed by atoms with Gasteiger partial charge in [0.25, 0.3) is 5.91 Å². The monoisotopic (exact) mass is 303 g/mol. The van der Waals surface area contributed by atoms with Gasteiger partial charge in [0.05, 0.1) is 0 Å². The lowest BCUT2D eigenvalue weighted by atomic mass is 10.0. The number of nitrogens with two attached hydrogens (primary N) is 1. The van der Waals surface area contributed by atoms with Crippen LogP contribution in [0, 0.1) is 0 Å². The Morgan fingerprint density at radius 1 is 1.43 bits per heavy atom. The summed E-state index contributed by atoms with van der Waals surface area (Å²) in [4.78, 5) is 29.5. The topological polar surface area (TPSA) is 96.5 Å². The number of carbonyl (C=O) groups is 2. The van der Waals surface area contributed by atoms with Crippen molar-refractivity contribution in [2.45, 2.75) is 12.5 Å². The van der Waals surface area contributed by atoms with Crippen molar-refractivity contribution in [1.82, 2.24) is 4.98 Å². The second kappa shape index (κ2) is 5.27. The predicted molar refractivity (Wildman–Crippen MR) is 78.5 cm³/mol. The van der Waals surface area contributed by atoms with Gasteiger partial charge in [0.2, 0.25) is 0 Å². The van der Waals surface area contributed by atoms with Crippen LogP contribution in [0.25, 0.3) is 0 Å². The van der Waals surface area contributed by atoms with Crippen molar-refractivity contribution in [2.24, 2.45) is 5.73 Å².